The predicted molar refractivity (Wildman–Crippen MR) is 57.2 cm³/mol. The first-order chi connectivity index (χ1) is 7.19. The maximum Gasteiger partial charge on any atom is 0.311 e. The molecule has 1 aromatic carbocycles. The minimum atomic E-state index is -0.669. The van der Waals surface area contributed by atoms with Gasteiger partial charge in [0, 0.05) is 11.4 Å². The Labute approximate surface area is 94.3 Å². The molecule has 4 nitrogen and oxygen atoms in total. The molecule has 0 aliphatic heterocycles. The van der Waals surface area contributed by atoms with Crippen molar-refractivity contribution in [3.05, 3.63) is 33.9 Å². The van der Waals surface area contributed by atoms with Gasteiger partial charge < -0.3 is 4.74 Å². The number of rotatable bonds is 5. The van der Waals surface area contributed by atoms with Gasteiger partial charge in [-0.1, -0.05) is 22.0 Å². The molecule has 0 spiro atoms. The summed E-state index contributed by atoms with van der Waals surface area (Å²) in [4.78, 5) is 10.1. The average molecular weight is 278 g/mol. The summed E-state index contributed by atoms with van der Waals surface area (Å²) in [5.74, 6) is 0.0994. The number of halogens is 2. The van der Waals surface area contributed by atoms with Crippen LogP contribution in [-0.2, 0) is 5.33 Å². The molecule has 0 fully saturated rings. The summed E-state index contributed by atoms with van der Waals surface area (Å²) in [6.07, 6.45) is 0. The van der Waals surface area contributed by atoms with Gasteiger partial charge in [0.25, 0.3) is 0 Å². The van der Waals surface area contributed by atoms with Crippen molar-refractivity contribution in [1.29, 1.82) is 0 Å². The molecule has 0 bridgehead atoms. The van der Waals surface area contributed by atoms with Crippen LogP contribution in [0.4, 0.5) is 10.1 Å². The predicted octanol–water partition coefficient (Wildman–Crippen LogP) is 2.84. The Hall–Kier alpha value is -1.17. The second kappa shape index (κ2) is 5.65. The third-order valence-electron chi connectivity index (χ3n) is 1.71. The van der Waals surface area contributed by atoms with Gasteiger partial charge in [0.2, 0.25) is 0 Å². The number of benzene rings is 1. The molecular weight excluding hydrogens is 269 g/mol. The van der Waals surface area contributed by atoms with Crippen LogP contribution >= 0.6 is 15.9 Å². The van der Waals surface area contributed by atoms with Crippen LogP contribution in [0.2, 0.25) is 0 Å². The standard InChI is InChI=1S/C9H9BrFNO3/c10-6-7-1-2-9(15-4-3-11)8(5-7)12(13)14/h1-2,5H,3-4,6H2. The molecule has 1 aromatic rings. The molecule has 0 atom stereocenters. The van der Waals surface area contributed by atoms with Crippen molar-refractivity contribution in [3.63, 3.8) is 0 Å². The van der Waals surface area contributed by atoms with Gasteiger partial charge in [0.1, 0.15) is 13.3 Å². The highest BCUT2D eigenvalue weighted by Gasteiger charge is 2.15. The second-order valence-corrected chi connectivity index (χ2v) is 3.29. The maximum atomic E-state index is 11.9. The lowest BCUT2D eigenvalue weighted by Crippen LogP contribution is -2.02. The van der Waals surface area contributed by atoms with Gasteiger partial charge >= 0.3 is 5.69 Å². The van der Waals surface area contributed by atoms with E-state index in [0.29, 0.717) is 5.33 Å². The van der Waals surface area contributed by atoms with E-state index in [1.54, 1.807) is 6.07 Å². The Kier molecular flexibility index (Phi) is 4.48. The summed E-state index contributed by atoms with van der Waals surface area (Å²) in [7, 11) is 0. The van der Waals surface area contributed by atoms with Crippen LogP contribution in [0.15, 0.2) is 18.2 Å². The summed E-state index contributed by atoms with van der Waals surface area (Å²) in [6, 6.07) is 4.57. The molecule has 0 heterocycles. The molecule has 1 rings (SSSR count). The monoisotopic (exact) mass is 277 g/mol. The Morgan fingerprint density at radius 3 is 2.80 bits per heavy atom. The molecule has 0 aliphatic rings. The molecule has 0 saturated carbocycles. The highest BCUT2D eigenvalue weighted by atomic mass is 79.9. The summed E-state index contributed by atoms with van der Waals surface area (Å²) in [5.41, 5.74) is 0.634. The van der Waals surface area contributed by atoms with Crippen LogP contribution in [0, 0.1) is 10.1 Å². The van der Waals surface area contributed by atoms with Crippen molar-refractivity contribution in [2.45, 2.75) is 5.33 Å². The van der Waals surface area contributed by atoms with Crippen molar-refractivity contribution in [2.24, 2.45) is 0 Å². The van der Waals surface area contributed by atoms with E-state index < -0.39 is 11.6 Å². The number of nitrogens with zero attached hydrogens (tertiary/aromatic N) is 1. The normalized spacial score (nSPS) is 10.0. The molecular formula is C9H9BrFNO3. The molecule has 0 unspecified atom stereocenters. The summed E-state index contributed by atoms with van der Waals surface area (Å²) in [6.45, 7) is -0.841. The third kappa shape index (κ3) is 3.16. The molecule has 0 aliphatic carbocycles. The van der Waals surface area contributed by atoms with Gasteiger partial charge in [0.05, 0.1) is 4.92 Å². The number of nitro groups is 1. The Bertz CT molecular complexity index is 359. The smallest absolute Gasteiger partial charge is 0.311 e. The topological polar surface area (TPSA) is 52.4 Å². The van der Waals surface area contributed by atoms with E-state index in [9.17, 15) is 14.5 Å². The highest BCUT2D eigenvalue weighted by molar-refractivity contribution is 9.08. The van der Waals surface area contributed by atoms with Gasteiger partial charge in [-0.3, -0.25) is 10.1 Å². The maximum absolute atomic E-state index is 11.9. The largest absolute Gasteiger partial charge is 0.484 e. The molecule has 0 saturated heterocycles. The fraction of sp³-hybridized carbons (Fsp3) is 0.333. The van der Waals surface area contributed by atoms with Crippen LogP contribution in [0.3, 0.4) is 0 Å². The van der Waals surface area contributed by atoms with E-state index in [4.69, 9.17) is 4.74 Å². The molecule has 0 aromatic heterocycles. The van der Waals surface area contributed by atoms with Crippen LogP contribution < -0.4 is 4.74 Å². The minimum Gasteiger partial charge on any atom is -0.484 e. The van der Waals surface area contributed by atoms with E-state index in [2.05, 4.69) is 15.9 Å². The van der Waals surface area contributed by atoms with E-state index >= 15 is 0 Å². The quantitative estimate of drug-likeness (QED) is 0.472. The SMILES string of the molecule is O=[N+]([O-])c1cc(CBr)ccc1OCCF. The van der Waals surface area contributed by atoms with Gasteiger partial charge in [-0.15, -0.1) is 0 Å². The molecule has 82 valence electrons. The Balaban J connectivity index is 2.98. The van der Waals surface area contributed by atoms with Crippen molar-refractivity contribution < 1.29 is 14.1 Å². The number of hydrogen-bond donors (Lipinski definition) is 0. The zero-order chi connectivity index (χ0) is 11.3. The average Bonchev–Trinajstić information content (AvgIpc) is 2.26. The fourth-order valence-corrected chi connectivity index (χ4v) is 1.41. The van der Waals surface area contributed by atoms with Gasteiger partial charge in [-0.2, -0.15) is 0 Å². The van der Waals surface area contributed by atoms with Crippen molar-refractivity contribution in [2.75, 3.05) is 13.3 Å². The first-order valence-electron chi connectivity index (χ1n) is 4.21. The third-order valence-corrected chi connectivity index (χ3v) is 2.36. The fourth-order valence-electron chi connectivity index (χ4n) is 1.06. The van der Waals surface area contributed by atoms with E-state index in [0.717, 1.165) is 5.56 Å². The zero-order valence-corrected chi connectivity index (χ0v) is 9.37. The first-order valence-corrected chi connectivity index (χ1v) is 5.33. The minimum absolute atomic E-state index is 0.0994. The second-order valence-electron chi connectivity index (χ2n) is 2.73. The lowest BCUT2D eigenvalue weighted by molar-refractivity contribution is -0.385. The van der Waals surface area contributed by atoms with Gasteiger partial charge in [-0.25, -0.2) is 4.39 Å². The van der Waals surface area contributed by atoms with Gasteiger partial charge in [-0.05, 0) is 11.6 Å². The van der Waals surface area contributed by atoms with Crippen molar-refractivity contribution in [3.8, 4) is 5.75 Å². The number of hydrogen-bond acceptors (Lipinski definition) is 3. The molecule has 15 heavy (non-hydrogen) atoms. The van der Waals surface area contributed by atoms with E-state index in [-0.39, 0.29) is 18.0 Å². The van der Waals surface area contributed by atoms with E-state index in [1.807, 2.05) is 0 Å². The molecule has 0 radical (unpaired) electrons. The lowest BCUT2D eigenvalue weighted by atomic mass is 10.2. The van der Waals surface area contributed by atoms with Crippen LogP contribution in [0.1, 0.15) is 5.56 Å². The molecule has 6 heteroatoms. The summed E-state index contributed by atoms with van der Waals surface area (Å²) >= 11 is 3.19. The molecule has 0 N–H and O–H groups in total. The number of nitro benzene ring substituents is 1. The molecule has 0 amide bonds. The van der Waals surface area contributed by atoms with Crippen LogP contribution in [0.25, 0.3) is 0 Å². The zero-order valence-electron chi connectivity index (χ0n) is 7.78. The van der Waals surface area contributed by atoms with Crippen LogP contribution in [0.5, 0.6) is 5.75 Å². The van der Waals surface area contributed by atoms with Crippen molar-refractivity contribution >= 4 is 21.6 Å². The number of ether oxygens (including phenoxy) is 1. The van der Waals surface area contributed by atoms with Crippen molar-refractivity contribution in [1.82, 2.24) is 0 Å². The Morgan fingerprint density at radius 1 is 1.53 bits per heavy atom. The number of alkyl halides is 2. The summed E-state index contributed by atoms with van der Waals surface area (Å²) < 4.78 is 16.8. The summed E-state index contributed by atoms with van der Waals surface area (Å²) in [5, 5.41) is 11.2. The van der Waals surface area contributed by atoms with Gasteiger partial charge in [0.15, 0.2) is 5.75 Å². The highest BCUT2D eigenvalue weighted by Crippen LogP contribution is 2.28. The van der Waals surface area contributed by atoms with E-state index in [1.165, 1.54) is 12.1 Å². The van der Waals surface area contributed by atoms with Crippen LogP contribution in [-0.4, -0.2) is 18.2 Å². The lowest BCUT2D eigenvalue weighted by Gasteiger charge is -2.05. The first kappa shape index (κ1) is 11.9. The Morgan fingerprint density at radius 2 is 2.27 bits per heavy atom.